The lowest BCUT2D eigenvalue weighted by atomic mass is 9.80. The lowest BCUT2D eigenvalue weighted by Gasteiger charge is -2.39. The molecule has 2 N–H and O–H groups in total. The number of methoxy groups -OCH3 is 2. The molecule has 3 unspecified atom stereocenters. The van der Waals surface area contributed by atoms with E-state index in [0.29, 0.717) is 45.6 Å². The molecule has 4 aromatic carbocycles. The van der Waals surface area contributed by atoms with Gasteiger partial charge >= 0.3 is 6.18 Å². The summed E-state index contributed by atoms with van der Waals surface area (Å²) in [5, 5.41) is 13.7. The van der Waals surface area contributed by atoms with Gasteiger partial charge in [0.05, 0.1) is 31.3 Å². The number of alkyl halides is 3. The van der Waals surface area contributed by atoms with Crippen LogP contribution in [0, 0.1) is 0 Å². The predicted molar refractivity (Wildman–Crippen MR) is 195 cm³/mol. The molecule has 0 bridgehead atoms. The molecule has 3 atom stereocenters. The van der Waals surface area contributed by atoms with E-state index in [1.165, 1.54) is 25.3 Å². The number of rotatable bonds is 8. The fraction of sp³-hybridized carbons (Fsp3) is 0.325. The molecule has 7 rings (SSSR count). The molecule has 0 aliphatic carbocycles. The van der Waals surface area contributed by atoms with Crippen molar-refractivity contribution in [3.63, 3.8) is 0 Å². The number of carbonyl (C=O) groups is 1. The Hall–Kier alpha value is -5.07. The maximum atomic E-state index is 13.6. The predicted octanol–water partition coefficient (Wildman–Crippen LogP) is 8.57. The topological polar surface area (TPSA) is 105 Å². The largest absolute Gasteiger partial charge is 0.507 e. The molecule has 282 valence electrons. The monoisotopic (exact) mass is 755 g/mol. The highest BCUT2D eigenvalue weighted by Crippen LogP contribution is 2.52. The van der Waals surface area contributed by atoms with Crippen molar-refractivity contribution in [2.45, 2.75) is 50.2 Å². The summed E-state index contributed by atoms with van der Waals surface area (Å²) in [5.41, 5.74) is 1.25. The van der Waals surface area contributed by atoms with Gasteiger partial charge in [0, 0.05) is 24.1 Å². The molecule has 4 aromatic rings. The second-order valence-corrected chi connectivity index (χ2v) is 13.0. The van der Waals surface area contributed by atoms with Gasteiger partial charge in [-0.05, 0) is 75.5 Å². The number of carbonyl (C=O) groups excluding carboxylic acids is 1. The van der Waals surface area contributed by atoms with Gasteiger partial charge in [-0.15, -0.1) is 12.4 Å². The first-order valence-electron chi connectivity index (χ1n) is 16.7. The SMILES string of the molecule is CNCCC(Oc1ccc(C(F)(F)F)cc1)c1ccccc1.COc1cc2c(cc1OC)C1C(=O)c3c(O)cc4c(c3OC1CO2)C=CC(C)(C)O4.Cl. The second-order valence-electron chi connectivity index (χ2n) is 13.0. The van der Waals surface area contributed by atoms with Crippen molar-refractivity contribution in [3.05, 3.63) is 107 Å². The molecule has 3 aliphatic rings. The van der Waals surface area contributed by atoms with Gasteiger partial charge < -0.3 is 38.8 Å². The number of fused-ring (bicyclic) bond motifs is 6. The summed E-state index contributed by atoms with van der Waals surface area (Å²) in [6.07, 6.45) is -0.576. The number of phenolic OH excluding ortho intramolecular Hbond substituents is 1. The number of benzene rings is 4. The van der Waals surface area contributed by atoms with Crippen LogP contribution >= 0.6 is 12.4 Å². The Morgan fingerprint density at radius 2 is 1.66 bits per heavy atom. The lowest BCUT2D eigenvalue weighted by Crippen LogP contribution is -2.43. The minimum Gasteiger partial charge on any atom is -0.507 e. The van der Waals surface area contributed by atoms with E-state index in [4.69, 9.17) is 28.4 Å². The number of phenols is 1. The van der Waals surface area contributed by atoms with Gasteiger partial charge in [0.25, 0.3) is 0 Å². The molecule has 0 radical (unpaired) electrons. The minimum absolute atomic E-state index is 0. The van der Waals surface area contributed by atoms with Crippen molar-refractivity contribution in [2.24, 2.45) is 0 Å². The van der Waals surface area contributed by atoms with Gasteiger partial charge in [-0.25, -0.2) is 0 Å². The van der Waals surface area contributed by atoms with Crippen LogP contribution in [0.2, 0.25) is 0 Å². The zero-order chi connectivity index (χ0) is 37.2. The van der Waals surface area contributed by atoms with Crippen LogP contribution in [0.4, 0.5) is 13.2 Å². The molecule has 0 saturated carbocycles. The third kappa shape index (κ3) is 8.29. The van der Waals surface area contributed by atoms with Crippen LogP contribution in [0.15, 0.2) is 78.9 Å². The Morgan fingerprint density at radius 3 is 2.30 bits per heavy atom. The Labute approximate surface area is 312 Å². The smallest absolute Gasteiger partial charge is 0.416 e. The first kappa shape index (κ1) is 39.1. The fourth-order valence-corrected chi connectivity index (χ4v) is 6.40. The van der Waals surface area contributed by atoms with Crippen LogP contribution < -0.4 is 33.7 Å². The van der Waals surface area contributed by atoms with E-state index in [-0.39, 0.29) is 42.2 Å². The van der Waals surface area contributed by atoms with Crippen LogP contribution in [0.3, 0.4) is 0 Å². The average molecular weight is 756 g/mol. The summed E-state index contributed by atoms with van der Waals surface area (Å²) in [7, 11) is 4.92. The van der Waals surface area contributed by atoms with Crippen molar-refractivity contribution >= 4 is 24.3 Å². The van der Waals surface area contributed by atoms with Crippen molar-refractivity contribution in [3.8, 4) is 40.2 Å². The number of halogens is 4. The van der Waals surface area contributed by atoms with E-state index in [1.807, 2.05) is 63.4 Å². The summed E-state index contributed by atoms with van der Waals surface area (Å²) in [6.45, 7) is 4.77. The maximum Gasteiger partial charge on any atom is 0.416 e. The van der Waals surface area contributed by atoms with E-state index in [0.717, 1.165) is 30.7 Å². The van der Waals surface area contributed by atoms with E-state index >= 15 is 0 Å². The van der Waals surface area contributed by atoms with E-state index in [2.05, 4.69) is 5.32 Å². The first-order chi connectivity index (χ1) is 24.8. The molecule has 0 saturated heterocycles. The van der Waals surface area contributed by atoms with Gasteiger partial charge in [-0.1, -0.05) is 30.3 Å². The highest BCUT2D eigenvalue weighted by Gasteiger charge is 2.46. The first-order valence-corrected chi connectivity index (χ1v) is 16.7. The molecule has 9 nitrogen and oxygen atoms in total. The second kappa shape index (κ2) is 15.9. The van der Waals surface area contributed by atoms with Crippen LogP contribution in [-0.2, 0) is 6.18 Å². The Kier molecular flexibility index (Phi) is 11.7. The highest BCUT2D eigenvalue weighted by molar-refractivity contribution is 6.08. The average Bonchev–Trinajstić information content (AvgIpc) is 3.12. The third-order valence-electron chi connectivity index (χ3n) is 9.00. The molecule has 13 heteroatoms. The molecule has 0 fully saturated rings. The van der Waals surface area contributed by atoms with Gasteiger partial charge in [0.2, 0.25) is 0 Å². The Bertz CT molecular complexity index is 1950. The number of ketones is 1. The van der Waals surface area contributed by atoms with Crippen LogP contribution in [-0.4, -0.2) is 57.0 Å². The van der Waals surface area contributed by atoms with Gasteiger partial charge in [-0.3, -0.25) is 4.79 Å². The van der Waals surface area contributed by atoms with Crippen LogP contribution in [0.25, 0.3) is 6.08 Å². The summed E-state index contributed by atoms with van der Waals surface area (Å²) in [5.74, 6) is 1.77. The van der Waals surface area contributed by atoms with Crippen LogP contribution in [0.1, 0.15) is 64.9 Å². The number of aromatic hydroxyl groups is 1. The van der Waals surface area contributed by atoms with Gasteiger partial charge in [0.15, 0.2) is 17.3 Å². The molecule has 3 heterocycles. The number of ether oxygens (including phenoxy) is 6. The standard InChI is InChI=1S/C23H22O7.C17H18F3NO.ClH/c1-23(2)6-5-11-15(30-23)8-13(24)20-21(25)19-12-7-16(26-3)17(27-4)9-14(12)28-10-18(19)29-22(11)20;1-21-12-11-16(13-5-3-2-4-6-13)22-15-9-7-14(8-10-15)17(18,19)20;/h5-9,18-19,24H,10H2,1-4H3;2-10,16,21H,11-12H2,1H3;1H. The molecular formula is C40H41ClF3NO8. The minimum atomic E-state index is -4.33. The van der Waals surface area contributed by atoms with Crippen molar-refractivity contribution < 1.29 is 51.5 Å². The van der Waals surface area contributed by atoms with Crippen molar-refractivity contribution in [1.29, 1.82) is 0 Å². The number of nitrogens with one attached hydrogen (secondary N) is 1. The van der Waals surface area contributed by atoms with Crippen LogP contribution in [0.5, 0.6) is 40.2 Å². The third-order valence-corrected chi connectivity index (χ3v) is 9.00. The number of Topliss-reactive ketones (excluding diaryl/α,β-unsaturated/α-hetero) is 1. The summed E-state index contributed by atoms with van der Waals surface area (Å²) in [6, 6.07) is 19.4. The highest BCUT2D eigenvalue weighted by atomic mass is 35.5. The zero-order valence-electron chi connectivity index (χ0n) is 29.8. The van der Waals surface area contributed by atoms with Gasteiger partial charge in [-0.2, -0.15) is 13.2 Å². The quantitative estimate of drug-likeness (QED) is 0.183. The fourth-order valence-electron chi connectivity index (χ4n) is 6.40. The maximum absolute atomic E-state index is 13.6. The molecule has 0 aromatic heterocycles. The number of hydrogen-bond acceptors (Lipinski definition) is 9. The van der Waals surface area contributed by atoms with E-state index < -0.39 is 29.4 Å². The number of hydrogen-bond donors (Lipinski definition) is 2. The molecular weight excluding hydrogens is 715 g/mol. The zero-order valence-corrected chi connectivity index (χ0v) is 30.6. The van der Waals surface area contributed by atoms with E-state index in [9.17, 15) is 23.1 Å². The van der Waals surface area contributed by atoms with E-state index in [1.54, 1.807) is 19.2 Å². The molecule has 53 heavy (non-hydrogen) atoms. The Morgan fingerprint density at radius 1 is 0.981 bits per heavy atom. The normalized spacial score (nSPS) is 18.0. The summed E-state index contributed by atoms with van der Waals surface area (Å²) < 4.78 is 72.4. The summed E-state index contributed by atoms with van der Waals surface area (Å²) >= 11 is 0. The molecule has 0 amide bonds. The van der Waals surface area contributed by atoms with Crippen molar-refractivity contribution in [2.75, 3.05) is 34.4 Å². The Balaban J connectivity index is 0.000000211. The molecule has 3 aliphatic heterocycles. The lowest BCUT2D eigenvalue weighted by molar-refractivity contribution is -0.137. The molecule has 0 spiro atoms. The van der Waals surface area contributed by atoms with Gasteiger partial charge in [0.1, 0.15) is 58.7 Å². The summed E-state index contributed by atoms with van der Waals surface area (Å²) in [4.78, 5) is 13.6. The van der Waals surface area contributed by atoms with Crippen molar-refractivity contribution in [1.82, 2.24) is 5.32 Å².